The number of carbonyl (C=O) groups is 1. The number of halogens is 4. The molecule has 1 saturated heterocycles. The van der Waals surface area contributed by atoms with Gasteiger partial charge in [-0.1, -0.05) is 5.92 Å². The van der Waals surface area contributed by atoms with Crippen molar-refractivity contribution in [2.45, 2.75) is 18.1 Å². The number of terminal acetylenes is 1. The van der Waals surface area contributed by atoms with Crippen LogP contribution in [0.5, 0.6) is 5.75 Å². The molecule has 4 rings (SSSR count). The van der Waals surface area contributed by atoms with Crippen molar-refractivity contribution in [2.24, 2.45) is 0 Å². The Morgan fingerprint density at radius 1 is 1.26 bits per heavy atom. The van der Waals surface area contributed by atoms with Gasteiger partial charge in [-0.3, -0.25) is 4.79 Å². The number of nitrogens with one attached hydrogen (secondary N) is 1. The Balaban J connectivity index is 1.65. The summed E-state index contributed by atoms with van der Waals surface area (Å²) in [5, 5.41) is 12.6. The third-order valence-electron chi connectivity index (χ3n) is 5.31. The summed E-state index contributed by atoms with van der Waals surface area (Å²) in [4.78, 5) is 19.2. The number of nitrogens with zero attached hydrogens (tertiary/aromatic N) is 2. The molecule has 10 heteroatoms. The first kappa shape index (κ1) is 24.4. The van der Waals surface area contributed by atoms with Gasteiger partial charge in [-0.25, -0.2) is 9.37 Å². The van der Waals surface area contributed by atoms with Gasteiger partial charge in [0.05, 0.1) is 11.7 Å². The first-order chi connectivity index (χ1) is 16.6. The van der Waals surface area contributed by atoms with Crippen molar-refractivity contribution in [3.05, 3.63) is 71.7 Å². The molecule has 0 bridgehead atoms. The topological polar surface area (TPSA) is 74.7 Å². The maximum absolute atomic E-state index is 14.2. The summed E-state index contributed by atoms with van der Waals surface area (Å²) in [6.45, 7) is 0.887. The third-order valence-corrected chi connectivity index (χ3v) is 5.39. The summed E-state index contributed by atoms with van der Waals surface area (Å²) in [6.07, 6.45) is 6.85. The number of β-amino-alcohol motifs (C(OH)–C–C–N with tert-alkyl or cyclic N) is 1. The molecule has 0 saturated carbocycles. The Hall–Kier alpha value is -3.74. The molecule has 180 valence electrons. The Labute approximate surface area is 204 Å². The largest absolute Gasteiger partial charge is 0.487 e. The van der Waals surface area contributed by atoms with E-state index in [0.29, 0.717) is 47.7 Å². The van der Waals surface area contributed by atoms with Crippen LogP contribution in [0.25, 0.3) is 11.1 Å². The van der Waals surface area contributed by atoms with E-state index in [1.54, 1.807) is 12.1 Å². The fourth-order valence-corrected chi connectivity index (χ4v) is 3.84. The second-order valence-corrected chi connectivity index (χ2v) is 8.32. The summed E-state index contributed by atoms with van der Waals surface area (Å²) in [6, 6.07) is 10.9. The zero-order valence-corrected chi connectivity index (χ0v) is 18.9. The van der Waals surface area contributed by atoms with Crippen molar-refractivity contribution in [2.75, 3.05) is 23.3 Å². The molecular formula is C25H19ClF3N3O3. The monoisotopic (exact) mass is 501 g/mol. The average molecular weight is 502 g/mol. The Morgan fingerprint density at radius 2 is 2.00 bits per heavy atom. The first-order valence-corrected chi connectivity index (χ1v) is 10.9. The van der Waals surface area contributed by atoms with E-state index in [2.05, 4.69) is 21.0 Å². The molecule has 0 unspecified atom stereocenters. The number of hydrogen-bond acceptors (Lipinski definition) is 5. The number of hydrogen-bond donors (Lipinski definition) is 2. The molecule has 0 radical (unpaired) electrons. The second kappa shape index (κ2) is 9.86. The van der Waals surface area contributed by atoms with Crippen LogP contribution in [0, 0.1) is 18.2 Å². The van der Waals surface area contributed by atoms with Gasteiger partial charge in [-0.2, -0.15) is 0 Å². The van der Waals surface area contributed by atoms with E-state index >= 15 is 0 Å². The summed E-state index contributed by atoms with van der Waals surface area (Å²) >= 11 is 4.75. The van der Waals surface area contributed by atoms with Crippen molar-refractivity contribution in [3.63, 3.8) is 0 Å². The van der Waals surface area contributed by atoms with Crippen LogP contribution in [-0.4, -0.2) is 40.8 Å². The van der Waals surface area contributed by atoms with Gasteiger partial charge in [0, 0.05) is 47.7 Å². The molecule has 35 heavy (non-hydrogen) atoms. The van der Waals surface area contributed by atoms with Crippen LogP contribution in [0.4, 0.5) is 24.7 Å². The summed E-state index contributed by atoms with van der Waals surface area (Å²) in [5.41, 5.74) is -2.14. The highest BCUT2D eigenvalue weighted by Crippen LogP contribution is 2.33. The average Bonchev–Trinajstić information content (AvgIpc) is 3.24. The van der Waals surface area contributed by atoms with Crippen LogP contribution in [0.15, 0.2) is 54.7 Å². The fraction of sp³-hybridized carbons (Fsp3) is 0.200. The van der Waals surface area contributed by atoms with Gasteiger partial charge in [0.2, 0.25) is 0 Å². The van der Waals surface area contributed by atoms with Crippen LogP contribution in [0.2, 0.25) is 0 Å². The van der Waals surface area contributed by atoms with Crippen molar-refractivity contribution >= 4 is 29.0 Å². The highest BCUT2D eigenvalue weighted by Gasteiger charge is 2.28. The molecular weight excluding hydrogens is 483 g/mol. The van der Waals surface area contributed by atoms with E-state index in [1.165, 1.54) is 42.6 Å². The molecule has 1 fully saturated rings. The van der Waals surface area contributed by atoms with Gasteiger partial charge >= 0.3 is 5.57 Å². The van der Waals surface area contributed by atoms with E-state index < -0.39 is 23.4 Å². The molecule has 0 aliphatic carbocycles. The first-order valence-electron chi connectivity index (χ1n) is 10.5. The summed E-state index contributed by atoms with van der Waals surface area (Å²) < 4.78 is 44.0. The third kappa shape index (κ3) is 6.04. The molecule has 1 aliphatic heterocycles. The van der Waals surface area contributed by atoms with Gasteiger partial charge < -0.3 is 20.1 Å². The Morgan fingerprint density at radius 3 is 2.63 bits per heavy atom. The second-order valence-electron chi connectivity index (χ2n) is 7.88. The Bertz CT molecular complexity index is 1290. The van der Waals surface area contributed by atoms with Gasteiger partial charge in [0.15, 0.2) is 0 Å². The maximum atomic E-state index is 14.2. The minimum atomic E-state index is -3.85. The maximum Gasteiger partial charge on any atom is 0.487 e. The molecule has 2 heterocycles. The SMILES string of the molecule is C#Cc1cc(F)cc(-c2cc(C(=O)Nc3ccc(OC(F)(F)Cl)cc3)cnc2N2CC[C@@H](O)C2)c1. The smallest absolute Gasteiger partial charge is 0.420 e. The van der Waals surface area contributed by atoms with E-state index in [1.807, 2.05) is 4.90 Å². The molecule has 0 spiro atoms. The van der Waals surface area contributed by atoms with Crippen LogP contribution in [-0.2, 0) is 0 Å². The number of carbonyl (C=O) groups excluding carboxylic acids is 1. The number of aliphatic hydroxyl groups excluding tert-OH is 1. The molecule has 1 aliphatic rings. The van der Waals surface area contributed by atoms with Gasteiger partial charge in [-0.15, -0.1) is 15.2 Å². The highest BCUT2D eigenvalue weighted by atomic mass is 35.5. The number of aliphatic hydroxyl groups is 1. The number of ether oxygens (including phenoxy) is 1. The van der Waals surface area contributed by atoms with Crippen LogP contribution >= 0.6 is 11.6 Å². The Kier molecular flexibility index (Phi) is 6.87. The van der Waals surface area contributed by atoms with Crippen molar-refractivity contribution < 1.29 is 27.8 Å². The van der Waals surface area contributed by atoms with Crippen LogP contribution in [0.1, 0.15) is 22.3 Å². The van der Waals surface area contributed by atoms with Crippen molar-refractivity contribution in [3.8, 4) is 29.2 Å². The van der Waals surface area contributed by atoms with Gasteiger partial charge in [0.25, 0.3) is 5.91 Å². The van der Waals surface area contributed by atoms with E-state index in [9.17, 15) is 23.1 Å². The number of pyridine rings is 1. The summed E-state index contributed by atoms with van der Waals surface area (Å²) in [7, 11) is 0. The fourth-order valence-electron chi connectivity index (χ4n) is 3.75. The van der Waals surface area contributed by atoms with E-state index in [0.717, 1.165) is 0 Å². The number of benzene rings is 2. The lowest BCUT2D eigenvalue weighted by atomic mass is 10.0. The lowest BCUT2D eigenvalue weighted by Gasteiger charge is -2.21. The lowest BCUT2D eigenvalue weighted by Crippen LogP contribution is -2.23. The molecule has 3 aromatic rings. The van der Waals surface area contributed by atoms with Crippen molar-refractivity contribution in [1.82, 2.24) is 4.98 Å². The van der Waals surface area contributed by atoms with Crippen LogP contribution in [0.3, 0.4) is 0 Å². The standard InChI is InChI=1S/C25H19ClF3N3O3/c1-2-15-9-16(11-18(27)10-15)22-12-17(13-30-23(22)32-8-7-20(33)14-32)24(34)31-19-3-5-21(6-4-19)35-25(26,28)29/h1,3-6,9-13,20,33H,7-8,14H2,(H,31,34)/t20-/m1/s1. The predicted octanol–water partition coefficient (Wildman–Crippen LogP) is 4.86. The number of rotatable bonds is 6. The van der Waals surface area contributed by atoms with Gasteiger partial charge in [0.1, 0.15) is 17.4 Å². The highest BCUT2D eigenvalue weighted by molar-refractivity contribution is 6.20. The number of amides is 1. The zero-order chi connectivity index (χ0) is 25.2. The summed E-state index contributed by atoms with van der Waals surface area (Å²) in [5.74, 6) is 1.63. The van der Waals surface area contributed by atoms with Crippen LogP contribution < -0.4 is 15.0 Å². The molecule has 1 amide bonds. The van der Waals surface area contributed by atoms with Crippen molar-refractivity contribution in [1.29, 1.82) is 0 Å². The number of anilines is 2. The lowest BCUT2D eigenvalue weighted by molar-refractivity contribution is -0.0964. The molecule has 1 atom stereocenters. The molecule has 6 nitrogen and oxygen atoms in total. The zero-order valence-electron chi connectivity index (χ0n) is 18.1. The minimum absolute atomic E-state index is 0.169. The van der Waals surface area contributed by atoms with E-state index in [-0.39, 0.29) is 11.3 Å². The quantitative estimate of drug-likeness (QED) is 0.373. The van der Waals surface area contributed by atoms with E-state index in [4.69, 9.17) is 18.0 Å². The molecule has 1 aromatic heterocycles. The minimum Gasteiger partial charge on any atom is -0.420 e. The number of alkyl halides is 3. The normalized spacial score (nSPS) is 15.5. The number of aromatic nitrogens is 1. The predicted molar refractivity (Wildman–Crippen MR) is 126 cm³/mol. The molecule has 2 aromatic carbocycles. The van der Waals surface area contributed by atoms with Gasteiger partial charge in [-0.05, 0) is 60.5 Å². The molecule has 2 N–H and O–H groups in total.